The van der Waals surface area contributed by atoms with Crippen molar-refractivity contribution in [3.63, 3.8) is 0 Å². The second-order valence-electron chi connectivity index (χ2n) is 5.14. The molecule has 6 heteroatoms. The molecule has 0 fully saturated rings. The predicted molar refractivity (Wildman–Crippen MR) is 96.9 cm³/mol. The van der Waals surface area contributed by atoms with Crippen LogP contribution in [0, 0.1) is 0 Å². The minimum Gasteiger partial charge on any atom is -0.495 e. The normalized spacial score (nSPS) is 10.7. The van der Waals surface area contributed by atoms with Crippen LogP contribution in [0.5, 0.6) is 5.75 Å². The van der Waals surface area contributed by atoms with Crippen molar-refractivity contribution in [2.75, 3.05) is 12.4 Å². The first-order valence-corrected chi connectivity index (χ1v) is 8.22. The lowest BCUT2D eigenvalue weighted by molar-refractivity contribution is 0.413. The van der Waals surface area contributed by atoms with Gasteiger partial charge in [-0.05, 0) is 30.3 Å². The Balaban J connectivity index is 1.68. The Labute approximate surface area is 143 Å². The number of hydrogen-bond donors (Lipinski definition) is 1. The van der Waals surface area contributed by atoms with E-state index in [0.29, 0.717) is 5.75 Å². The maximum absolute atomic E-state index is 5.22. The van der Waals surface area contributed by atoms with Crippen molar-refractivity contribution < 1.29 is 4.74 Å². The van der Waals surface area contributed by atoms with Crippen molar-refractivity contribution >= 4 is 32.5 Å². The van der Waals surface area contributed by atoms with E-state index in [4.69, 9.17) is 9.72 Å². The number of fused-ring (bicyclic) bond motifs is 1. The summed E-state index contributed by atoms with van der Waals surface area (Å²) in [5.41, 5.74) is 3.65. The molecule has 0 aliphatic heterocycles. The van der Waals surface area contributed by atoms with Gasteiger partial charge in [-0.2, -0.15) is 0 Å². The van der Waals surface area contributed by atoms with Crippen LogP contribution in [-0.2, 0) is 0 Å². The van der Waals surface area contributed by atoms with Crippen molar-refractivity contribution in [1.82, 2.24) is 15.0 Å². The molecule has 4 rings (SSSR count). The Bertz CT molecular complexity index is 985. The summed E-state index contributed by atoms with van der Waals surface area (Å²) in [5.74, 6) is 0.713. The van der Waals surface area contributed by atoms with Gasteiger partial charge in [0.05, 0.1) is 19.0 Å². The molecule has 0 bridgehead atoms. The summed E-state index contributed by atoms with van der Waals surface area (Å²) in [4.78, 5) is 14.4. The number of pyridine rings is 2. The van der Waals surface area contributed by atoms with E-state index in [-0.39, 0.29) is 0 Å². The average molecular weight is 334 g/mol. The third kappa shape index (κ3) is 2.91. The summed E-state index contributed by atoms with van der Waals surface area (Å²) in [6, 6.07) is 15.8. The van der Waals surface area contributed by atoms with E-state index in [1.807, 2.05) is 48.5 Å². The molecule has 0 radical (unpaired) electrons. The van der Waals surface area contributed by atoms with E-state index in [0.717, 1.165) is 32.4 Å². The Hall–Kier alpha value is -2.99. The molecule has 0 amide bonds. The third-order valence-electron chi connectivity index (χ3n) is 3.53. The number of aromatic nitrogens is 3. The highest BCUT2D eigenvalue weighted by Gasteiger charge is 2.08. The Morgan fingerprint density at radius 1 is 1.00 bits per heavy atom. The molecule has 0 atom stereocenters. The Kier molecular flexibility index (Phi) is 3.80. The quantitative estimate of drug-likeness (QED) is 0.595. The van der Waals surface area contributed by atoms with Crippen molar-refractivity contribution in [1.29, 1.82) is 0 Å². The number of nitrogens with one attached hydrogen (secondary N) is 1. The minimum absolute atomic E-state index is 0.713. The molecule has 0 saturated carbocycles. The molecule has 0 unspecified atom stereocenters. The molecule has 5 nitrogen and oxygen atoms in total. The monoisotopic (exact) mass is 334 g/mol. The van der Waals surface area contributed by atoms with Gasteiger partial charge in [0.2, 0.25) is 0 Å². The van der Waals surface area contributed by atoms with Crippen molar-refractivity contribution in [2.45, 2.75) is 0 Å². The molecule has 3 heterocycles. The fourth-order valence-electron chi connectivity index (χ4n) is 2.35. The van der Waals surface area contributed by atoms with Gasteiger partial charge in [0.15, 0.2) is 5.13 Å². The number of benzene rings is 1. The van der Waals surface area contributed by atoms with E-state index < -0.39 is 0 Å². The van der Waals surface area contributed by atoms with Crippen LogP contribution >= 0.6 is 11.3 Å². The van der Waals surface area contributed by atoms with Gasteiger partial charge in [-0.25, -0.2) is 9.97 Å². The van der Waals surface area contributed by atoms with Gasteiger partial charge in [0.1, 0.15) is 16.1 Å². The topological polar surface area (TPSA) is 59.9 Å². The molecule has 1 aromatic carbocycles. The molecule has 0 aliphatic carbocycles. The highest BCUT2D eigenvalue weighted by molar-refractivity contribution is 7.21. The lowest BCUT2D eigenvalue weighted by Gasteiger charge is -2.02. The van der Waals surface area contributed by atoms with E-state index in [1.54, 1.807) is 19.5 Å². The molecular weight excluding hydrogens is 320 g/mol. The van der Waals surface area contributed by atoms with Gasteiger partial charge in [-0.15, -0.1) is 0 Å². The Morgan fingerprint density at radius 2 is 1.88 bits per heavy atom. The molecule has 1 N–H and O–H groups in total. The van der Waals surface area contributed by atoms with E-state index in [9.17, 15) is 0 Å². The van der Waals surface area contributed by atoms with Crippen LogP contribution in [0.15, 0.2) is 60.9 Å². The van der Waals surface area contributed by atoms with Gasteiger partial charge in [0, 0.05) is 17.4 Å². The van der Waals surface area contributed by atoms with E-state index in [2.05, 4.69) is 15.3 Å². The van der Waals surface area contributed by atoms with Gasteiger partial charge < -0.3 is 10.1 Å². The number of para-hydroxylation sites is 1. The van der Waals surface area contributed by atoms with Crippen LogP contribution in [0.2, 0.25) is 0 Å². The van der Waals surface area contributed by atoms with Crippen LogP contribution in [-0.4, -0.2) is 22.1 Å². The van der Waals surface area contributed by atoms with Gasteiger partial charge >= 0.3 is 0 Å². The number of anilines is 2. The van der Waals surface area contributed by atoms with Crippen molar-refractivity contribution in [3.8, 4) is 17.0 Å². The summed E-state index contributed by atoms with van der Waals surface area (Å²) < 4.78 is 5.22. The second kappa shape index (κ2) is 6.25. The van der Waals surface area contributed by atoms with Crippen LogP contribution in [0.1, 0.15) is 0 Å². The van der Waals surface area contributed by atoms with Crippen LogP contribution < -0.4 is 10.1 Å². The van der Waals surface area contributed by atoms with Crippen LogP contribution in [0.25, 0.3) is 21.6 Å². The van der Waals surface area contributed by atoms with Gasteiger partial charge in [-0.3, -0.25) is 4.98 Å². The molecule has 24 heavy (non-hydrogen) atoms. The summed E-state index contributed by atoms with van der Waals surface area (Å²) in [6.45, 7) is 0. The molecular formula is C18H14N4OS. The summed E-state index contributed by atoms with van der Waals surface area (Å²) >= 11 is 1.53. The molecule has 118 valence electrons. The van der Waals surface area contributed by atoms with Gasteiger partial charge in [0.25, 0.3) is 0 Å². The standard InChI is InChI=1S/C18H14N4OS/c1-23-14-9-12(10-19-11-14)15-7-8-16-17(21-15)24-18(22-16)20-13-5-3-2-4-6-13/h2-11H,1H3,(H,20,22). The number of rotatable bonds is 4. The zero-order valence-electron chi connectivity index (χ0n) is 12.9. The zero-order chi connectivity index (χ0) is 16.4. The molecule has 3 aromatic heterocycles. The summed E-state index contributed by atoms with van der Waals surface area (Å²) in [5, 5.41) is 4.13. The third-order valence-corrected chi connectivity index (χ3v) is 4.41. The number of ether oxygens (including phenoxy) is 1. The van der Waals surface area contributed by atoms with Gasteiger partial charge in [-0.1, -0.05) is 29.5 Å². The fourth-order valence-corrected chi connectivity index (χ4v) is 3.21. The highest BCUT2D eigenvalue weighted by Crippen LogP contribution is 2.29. The maximum Gasteiger partial charge on any atom is 0.189 e. The summed E-state index contributed by atoms with van der Waals surface area (Å²) in [6.07, 6.45) is 3.46. The van der Waals surface area contributed by atoms with Crippen LogP contribution in [0.4, 0.5) is 10.8 Å². The smallest absolute Gasteiger partial charge is 0.189 e. The van der Waals surface area contributed by atoms with E-state index in [1.165, 1.54) is 11.3 Å². The molecule has 0 saturated heterocycles. The highest BCUT2D eigenvalue weighted by atomic mass is 32.1. The first kappa shape index (κ1) is 14.6. The fraction of sp³-hybridized carbons (Fsp3) is 0.0556. The minimum atomic E-state index is 0.713. The largest absolute Gasteiger partial charge is 0.495 e. The zero-order valence-corrected chi connectivity index (χ0v) is 13.7. The number of hydrogen-bond acceptors (Lipinski definition) is 6. The predicted octanol–water partition coefficient (Wildman–Crippen LogP) is 4.51. The SMILES string of the molecule is COc1cncc(-c2ccc3nc(Nc4ccccc4)sc3n2)c1. The van der Waals surface area contributed by atoms with Crippen molar-refractivity contribution in [3.05, 3.63) is 60.9 Å². The Morgan fingerprint density at radius 3 is 2.71 bits per heavy atom. The average Bonchev–Trinajstić information content (AvgIpc) is 3.04. The second-order valence-corrected chi connectivity index (χ2v) is 6.12. The number of methoxy groups -OCH3 is 1. The van der Waals surface area contributed by atoms with Crippen molar-refractivity contribution in [2.24, 2.45) is 0 Å². The molecule has 0 spiro atoms. The molecule has 4 aromatic rings. The maximum atomic E-state index is 5.22. The number of thiazole rings is 1. The molecule has 0 aliphatic rings. The summed E-state index contributed by atoms with van der Waals surface area (Å²) in [7, 11) is 1.63. The van der Waals surface area contributed by atoms with Crippen LogP contribution in [0.3, 0.4) is 0 Å². The number of nitrogens with zero attached hydrogens (tertiary/aromatic N) is 3. The lowest BCUT2D eigenvalue weighted by Crippen LogP contribution is -1.88. The first-order chi connectivity index (χ1) is 11.8. The first-order valence-electron chi connectivity index (χ1n) is 7.41. The van der Waals surface area contributed by atoms with E-state index >= 15 is 0 Å². The lowest BCUT2D eigenvalue weighted by atomic mass is 10.2.